The quantitative estimate of drug-likeness (QED) is 0.770. The van der Waals surface area contributed by atoms with E-state index < -0.39 is 11.7 Å². The molecule has 0 N–H and O–H groups in total. The Morgan fingerprint density at radius 1 is 1.28 bits per heavy atom. The summed E-state index contributed by atoms with van der Waals surface area (Å²) in [5.74, 6) is 0. The molecule has 2 rings (SSSR count). The molecular weight excluding hydrogens is 247 g/mol. The van der Waals surface area contributed by atoms with Gasteiger partial charge in [0, 0.05) is 6.20 Å². The first-order valence-corrected chi connectivity index (χ1v) is 4.99. The first-order valence-electron chi connectivity index (χ1n) is 4.99. The molecule has 0 aliphatic rings. The summed E-state index contributed by atoms with van der Waals surface area (Å²) in [6.07, 6.45) is -2.95. The molecule has 0 unspecified atom stereocenters. The van der Waals surface area contributed by atoms with Crippen molar-refractivity contribution in [3.8, 4) is 5.69 Å². The lowest BCUT2D eigenvalue weighted by atomic mass is 10.1. The molecule has 0 spiro atoms. The summed E-state index contributed by atoms with van der Waals surface area (Å²) in [5.41, 5.74) is -0.310. The molecule has 0 saturated heterocycles. The molecule has 4 nitrogen and oxygen atoms in total. The van der Waals surface area contributed by atoms with Crippen molar-refractivity contribution in [2.75, 3.05) is 0 Å². The maximum atomic E-state index is 12.5. The van der Waals surface area contributed by atoms with Crippen molar-refractivity contribution in [1.82, 2.24) is 9.78 Å². The fourth-order valence-electron chi connectivity index (χ4n) is 1.52. The number of halogens is 3. The normalized spacial score (nSPS) is 11.6. The Balaban J connectivity index is 2.54. The van der Waals surface area contributed by atoms with Crippen LogP contribution >= 0.6 is 0 Å². The van der Waals surface area contributed by atoms with Crippen LogP contribution in [0.25, 0.3) is 5.69 Å². The Bertz CT molecular complexity index is 589. The molecule has 0 bridgehead atoms. The number of nitrogens with zero attached hydrogens (tertiary/aromatic N) is 3. The van der Waals surface area contributed by atoms with E-state index in [9.17, 15) is 18.1 Å². The summed E-state index contributed by atoms with van der Waals surface area (Å²) in [7, 11) is 0. The smallest absolute Gasteiger partial charge is 0.238 e. The first-order chi connectivity index (χ1) is 8.41. The number of rotatable bonds is 2. The maximum absolute atomic E-state index is 12.5. The highest BCUT2D eigenvalue weighted by Gasteiger charge is 2.31. The van der Waals surface area contributed by atoms with Gasteiger partial charge in [-0.3, -0.25) is 0 Å². The van der Waals surface area contributed by atoms with Crippen LogP contribution in [0.3, 0.4) is 0 Å². The molecule has 0 amide bonds. The zero-order chi connectivity index (χ0) is 13.3. The third-order valence-electron chi connectivity index (χ3n) is 2.37. The van der Waals surface area contributed by atoms with E-state index in [2.05, 4.69) is 10.3 Å². The van der Waals surface area contributed by atoms with Crippen molar-refractivity contribution in [2.24, 2.45) is 5.18 Å². The van der Waals surface area contributed by atoms with Crippen LogP contribution in [-0.2, 0) is 6.18 Å². The summed E-state index contributed by atoms with van der Waals surface area (Å²) in [5, 5.41) is 6.64. The lowest BCUT2D eigenvalue weighted by Gasteiger charge is -2.09. The second-order valence-electron chi connectivity index (χ2n) is 3.69. The molecule has 0 fully saturated rings. The molecule has 1 heterocycles. The number of hydrogen-bond acceptors (Lipinski definition) is 3. The van der Waals surface area contributed by atoms with Gasteiger partial charge in [-0.15, -0.1) is 4.91 Å². The summed E-state index contributed by atoms with van der Waals surface area (Å²) in [6, 6.07) is 4.44. The predicted octanol–water partition coefficient (Wildman–Crippen LogP) is 3.60. The predicted molar refractivity (Wildman–Crippen MR) is 58.8 cm³/mol. The molecular formula is C11H8F3N3O. The molecule has 1 aromatic carbocycles. The van der Waals surface area contributed by atoms with Gasteiger partial charge in [0.05, 0.1) is 16.9 Å². The highest BCUT2D eigenvalue weighted by Crippen LogP contribution is 2.34. The molecule has 2 aromatic rings. The van der Waals surface area contributed by atoms with Crippen molar-refractivity contribution >= 4 is 5.69 Å². The highest BCUT2D eigenvalue weighted by atomic mass is 19.4. The van der Waals surface area contributed by atoms with E-state index in [1.807, 2.05) is 0 Å². The number of alkyl halides is 3. The fourth-order valence-corrected chi connectivity index (χ4v) is 1.52. The lowest BCUT2D eigenvalue weighted by molar-refractivity contribution is -0.137. The zero-order valence-electron chi connectivity index (χ0n) is 9.27. The van der Waals surface area contributed by atoms with Gasteiger partial charge in [0.25, 0.3) is 0 Å². The van der Waals surface area contributed by atoms with Crippen LogP contribution < -0.4 is 0 Å². The Morgan fingerprint density at radius 3 is 2.50 bits per heavy atom. The molecule has 0 aliphatic carbocycles. The van der Waals surface area contributed by atoms with Gasteiger partial charge in [-0.25, -0.2) is 4.68 Å². The zero-order valence-corrected chi connectivity index (χ0v) is 9.27. The third kappa shape index (κ3) is 2.24. The summed E-state index contributed by atoms with van der Waals surface area (Å²) >= 11 is 0. The molecule has 0 saturated carbocycles. The molecule has 1 aromatic heterocycles. The minimum absolute atomic E-state index is 0.214. The van der Waals surface area contributed by atoms with Crippen molar-refractivity contribution < 1.29 is 13.2 Å². The Morgan fingerprint density at radius 2 is 2.00 bits per heavy atom. The van der Waals surface area contributed by atoms with Crippen LogP contribution in [0.4, 0.5) is 18.9 Å². The first kappa shape index (κ1) is 12.3. The van der Waals surface area contributed by atoms with Gasteiger partial charge in [0.15, 0.2) is 0 Å². The van der Waals surface area contributed by atoms with Gasteiger partial charge >= 0.3 is 6.18 Å². The highest BCUT2D eigenvalue weighted by molar-refractivity contribution is 5.58. The van der Waals surface area contributed by atoms with Gasteiger partial charge in [0.1, 0.15) is 5.69 Å². The van der Waals surface area contributed by atoms with Gasteiger partial charge in [0.2, 0.25) is 0 Å². The largest absolute Gasteiger partial charge is 0.416 e. The summed E-state index contributed by atoms with van der Waals surface area (Å²) < 4.78 is 38.7. The third-order valence-corrected chi connectivity index (χ3v) is 2.37. The standard InChI is InChI=1S/C11H8F3N3O/c1-7-4-5-17(15-7)10-3-2-8(11(12,13)14)6-9(10)16-18/h2-6H,1H3. The van der Waals surface area contributed by atoms with Crippen molar-refractivity contribution in [3.63, 3.8) is 0 Å². The van der Waals surface area contributed by atoms with Gasteiger partial charge in [-0.2, -0.15) is 18.3 Å². The average molecular weight is 255 g/mol. The SMILES string of the molecule is Cc1ccn(-c2ccc(C(F)(F)F)cc2N=O)n1. The van der Waals surface area contributed by atoms with Crippen LogP contribution in [-0.4, -0.2) is 9.78 Å². The van der Waals surface area contributed by atoms with Crippen LogP contribution in [0.5, 0.6) is 0 Å². The number of nitroso groups, excluding NO2 is 1. The van der Waals surface area contributed by atoms with Crippen molar-refractivity contribution in [3.05, 3.63) is 46.6 Å². The molecule has 0 aliphatic heterocycles. The number of benzene rings is 1. The molecule has 94 valence electrons. The minimum atomic E-state index is -4.50. The average Bonchev–Trinajstić information content (AvgIpc) is 2.73. The van der Waals surface area contributed by atoms with E-state index in [-0.39, 0.29) is 11.4 Å². The van der Waals surface area contributed by atoms with Crippen LogP contribution in [0.1, 0.15) is 11.3 Å². The lowest BCUT2D eigenvalue weighted by Crippen LogP contribution is -2.05. The van der Waals surface area contributed by atoms with Gasteiger partial charge in [-0.05, 0) is 36.4 Å². The number of hydrogen-bond donors (Lipinski definition) is 0. The van der Waals surface area contributed by atoms with E-state index in [1.165, 1.54) is 10.7 Å². The molecule has 0 atom stereocenters. The van der Waals surface area contributed by atoms with Crippen molar-refractivity contribution in [1.29, 1.82) is 0 Å². The molecule has 18 heavy (non-hydrogen) atoms. The van der Waals surface area contributed by atoms with Crippen LogP contribution in [0.15, 0.2) is 35.6 Å². The summed E-state index contributed by atoms with van der Waals surface area (Å²) in [6.45, 7) is 1.73. The van der Waals surface area contributed by atoms with E-state index in [4.69, 9.17) is 0 Å². The Labute approximate surface area is 100 Å². The Kier molecular flexibility index (Phi) is 2.90. The van der Waals surface area contributed by atoms with Crippen LogP contribution in [0.2, 0.25) is 0 Å². The fraction of sp³-hybridized carbons (Fsp3) is 0.182. The van der Waals surface area contributed by atoms with Gasteiger partial charge < -0.3 is 0 Å². The monoisotopic (exact) mass is 255 g/mol. The Hall–Kier alpha value is -2.18. The second kappa shape index (κ2) is 4.25. The van der Waals surface area contributed by atoms with Crippen molar-refractivity contribution in [2.45, 2.75) is 13.1 Å². The topological polar surface area (TPSA) is 47.2 Å². The molecule has 7 heteroatoms. The number of aryl methyl sites for hydroxylation is 1. The van der Waals surface area contributed by atoms with E-state index in [1.54, 1.807) is 19.2 Å². The number of aromatic nitrogens is 2. The van der Waals surface area contributed by atoms with E-state index >= 15 is 0 Å². The van der Waals surface area contributed by atoms with Crippen LogP contribution in [0, 0.1) is 11.8 Å². The summed E-state index contributed by atoms with van der Waals surface area (Å²) in [4.78, 5) is 10.6. The molecule has 0 radical (unpaired) electrons. The van der Waals surface area contributed by atoms with E-state index in [0.29, 0.717) is 11.8 Å². The maximum Gasteiger partial charge on any atom is 0.416 e. The van der Waals surface area contributed by atoms with E-state index in [0.717, 1.165) is 6.07 Å². The second-order valence-corrected chi connectivity index (χ2v) is 3.69. The minimum Gasteiger partial charge on any atom is -0.238 e. The van der Waals surface area contributed by atoms with Gasteiger partial charge in [-0.1, -0.05) is 0 Å².